The van der Waals surface area contributed by atoms with Crippen molar-refractivity contribution in [2.45, 2.75) is 22.7 Å². The molecule has 2 aromatic carbocycles. The fraction of sp³-hybridized carbons (Fsp3) is 0.185. The van der Waals surface area contributed by atoms with E-state index in [0.29, 0.717) is 32.8 Å². The highest BCUT2D eigenvalue weighted by Gasteiger charge is 2.57. The van der Waals surface area contributed by atoms with Crippen molar-refractivity contribution in [1.82, 2.24) is 4.57 Å². The van der Waals surface area contributed by atoms with Crippen LogP contribution in [0.25, 0.3) is 0 Å². The lowest BCUT2D eigenvalue weighted by atomic mass is 9.87. The molecule has 3 atom stereocenters. The van der Waals surface area contributed by atoms with Crippen LogP contribution in [-0.2, 0) is 20.9 Å². The Hall–Kier alpha value is -4.16. The SMILES string of the molecule is COc1ccc(N2C(=O)C3Sc4c(sc(=O)n4CC(=O)Nc4ccc(F)cc4)C(c4ccco4)C3C2=O)cc1. The first-order chi connectivity index (χ1) is 18.9. The molecule has 0 bridgehead atoms. The zero-order chi connectivity index (χ0) is 27.3. The summed E-state index contributed by atoms with van der Waals surface area (Å²) in [4.78, 5) is 54.7. The fourth-order valence-corrected chi connectivity index (χ4v) is 7.65. The molecule has 4 aromatic rings. The third-order valence-corrected chi connectivity index (χ3v) is 9.26. The highest BCUT2D eigenvalue weighted by atomic mass is 32.2. The number of thiazole rings is 1. The molecule has 39 heavy (non-hydrogen) atoms. The van der Waals surface area contributed by atoms with E-state index in [-0.39, 0.29) is 6.54 Å². The Balaban J connectivity index is 1.36. The third kappa shape index (κ3) is 4.35. The average molecular weight is 566 g/mol. The number of rotatable bonds is 6. The highest BCUT2D eigenvalue weighted by molar-refractivity contribution is 8.00. The van der Waals surface area contributed by atoms with Gasteiger partial charge in [-0.15, -0.1) is 0 Å². The molecule has 1 fully saturated rings. The quantitative estimate of drug-likeness (QED) is 0.351. The molecule has 2 aromatic heterocycles. The maximum Gasteiger partial charge on any atom is 0.308 e. The molecular formula is C27H20FN3O6S2. The number of imide groups is 1. The summed E-state index contributed by atoms with van der Waals surface area (Å²) in [6, 6.07) is 15.3. The van der Waals surface area contributed by atoms with Gasteiger partial charge in [0.2, 0.25) is 17.7 Å². The van der Waals surface area contributed by atoms with Crippen molar-refractivity contribution in [3.8, 4) is 5.75 Å². The molecule has 198 valence electrons. The van der Waals surface area contributed by atoms with Gasteiger partial charge in [0.1, 0.15) is 29.1 Å². The minimum atomic E-state index is -0.831. The van der Waals surface area contributed by atoms with E-state index in [9.17, 15) is 23.6 Å². The minimum Gasteiger partial charge on any atom is -0.497 e. The summed E-state index contributed by atoms with van der Waals surface area (Å²) in [6.07, 6.45) is 1.48. The van der Waals surface area contributed by atoms with E-state index in [1.165, 1.54) is 42.2 Å². The number of benzene rings is 2. The summed E-state index contributed by atoms with van der Waals surface area (Å²) in [6.45, 7) is -0.318. The molecule has 1 saturated heterocycles. The van der Waals surface area contributed by atoms with E-state index < -0.39 is 45.5 Å². The van der Waals surface area contributed by atoms with Gasteiger partial charge < -0.3 is 14.5 Å². The summed E-state index contributed by atoms with van der Waals surface area (Å²) in [5, 5.41) is 2.27. The molecule has 0 spiro atoms. The smallest absolute Gasteiger partial charge is 0.308 e. The summed E-state index contributed by atoms with van der Waals surface area (Å²) >= 11 is 2.04. The van der Waals surface area contributed by atoms with Crippen LogP contribution in [-0.4, -0.2) is 34.6 Å². The number of nitrogens with one attached hydrogen (secondary N) is 1. The van der Waals surface area contributed by atoms with Gasteiger partial charge in [-0.05, 0) is 60.7 Å². The summed E-state index contributed by atoms with van der Waals surface area (Å²) < 4.78 is 25.4. The second-order valence-corrected chi connectivity index (χ2v) is 11.1. The Bertz CT molecular complexity index is 1630. The number of carbonyl (C=O) groups is 3. The number of fused-ring (bicyclic) bond motifs is 2. The summed E-state index contributed by atoms with van der Waals surface area (Å²) in [5.74, 6) is -2.18. The van der Waals surface area contributed by atoms with Crippen LogP contribution in [0.15, 0.2) is 81.2 Å². The molecule has 2 aliphatic heterocycles. The predicted molar refractivity (Wildman–Crippen MR) is 143 cm³/mol. The molecule has 2 aliphatic rings. The van der Waals surface area contributed by atoms with Crippen LogP contribution >= 0.6 is 23.1 Å². The van der Waals surface area contributed by atoms with E-state index in [2.05, 4.69) is 5.32 Å². The molecule has 4 heterocycles. The van der Waals surface area contributed by atoms with Gasteiger partial charge in [0, 0.05) is 5.69 Å². The lowest BCUT2D eigenvalue weighted by molar-refractivity contribution is -0.122. The maximum absolute atomic E-state index is 13.8. The molecule has 12 heteroatoms. The number of methoxy groups -OCH3 is 1. The standard InChI is InChI=1S/C27H20FN3O6S2/c1-36-17-10-8-16(9-11-17)31-24(33)21-20(18-3-2-12-37-18)23-26(38-22(21)25(31)34)30(27(35)39-23)13-19(32)29-15-6-4-14(28)5-7-15/h2-12,20-22H,13H2,1H3,(H,29,32). The Morgan fingerprint density at radius 1 is 1.05 bits per heavy atom. The van der Waals surface area contributed by atoms with Crippen LogP contribution in [0, 0.1) is 11.7 Å². The summed E-state index contributed by atoms with van der Waals surface area (Å²) in [5.41, 5.74) is 0.796. The first-order valence-corrected chi connectivity index (χ1v) is 13.6. The number of aromatic nitrogens is 1. The van der Waals surface area contributed by atoms with Gasteiger partial charge >= 0.3 is 4.87 Å². The van der Waals surface area contributed by atoms with Gasteiger partial charge in [-0.2, -0.15) is 0 Å². The third-order valence-electron chi connectivity index (χ3n) is 6.66. The first kappa shape index (κ1) is 25.1. The van der Waals surface area contributed by atoms with Gasteiger partial charge in [-0.25, -0.2) is 9.29 Å². The number of thioether (sulfide) groups is 1. The number of anilines is 2. The van der Waals surface area contributed by atoms with Crippen molar-refractivity contribution in [2.75, 3.05) is 17.3 Å². The van der Waals surface area contributed by atoms with Crippen LogP contribution in [0.2, 0.25) is 0 Å². The number of carbonyl (C=O) groups excluding carboxylic acids is 3. The predicted octanol–water partition coefficient (Wildman–Crippen LogP) is 4.09. The number of furan rings is 1. The topological polar surface area (TPSA) is 111 Å². The van der Waals surface area contributed by atoms with Crippen molar-refractivity contribution in [1.29, 1.82) is 0 Å². The van der Waals surface area contributed by atoms with Crippen LogP contribution in [0.5, 0.6) is 5.75 Å². The van der Waals surface area contributed by atoms with Gasteiger partial charge in [-0.3, -0.25) is 23.7 Å². The van der Waals surface area contributed by atoms with E-state index in [1.54, 1.807) is 36.4 Å². The second kappa shape index (κ2) is 9.86. The molecule has 9 nitrogen and oxygen atoms in total. The molecule has 1 N–H and O–H groups in total. The highest BCUT2D eigenvalue weighted by Crippen LogP contribution is 2.54. The van der Waals surface area contributed by atoms with Crippen LogP contribution in [0.1, 0.15) is 16.6 Å². The Morgan fingerprint density at radius 2 is 1.79 bits per heavy atom. The van der Waals surface area contributed by atoms with E-state index in [0.717, 1.165) is 28.0 Å². The second-order valence-electron chi connectivity index (χ2n) is 8.95. The molecule has 0 saturated carbocycles. The molecule has 3 amide bonds. The molecule has 6 rings (SSSR count). The Morgan fingerprint density at radius 3 is 2.46 bits per heavy atom. The van der Waals surface area contributed by atoms with Gasteiger partial charge in [0.15, 0.2) is 0 Å². The van der Waals surface area contributed by atoms with Crippen molar-refractivity contribution < 1.29 is 27.9 Å². The summed E-state index contributed by atoms with van der Waals surface area (Å²) in [7, 11) is 1.53. The van der Waals surface area contributed by atoms with E-state index in [4.69, 9.17) is 9.15 Å². The van der Waals surface area contributed by atoms with Gasteiger partial charge in [0.05, 0.1) is 40.8 Å². The van der Waals surface area contributed by atoms with E-state index >= 15 is 0 Å². The van der Waals surface area contributed by atoms with Gasteiger partial charge in [0.25, 0.3) is 0 Å². The fourth-order valence-electron chi connectivity index (χ4n) is 4.89. The largest absolute Gasteiger partial charge is 0.497 e. The van der Waals surface area contributed by atoms with Crippen molar-refractivity contribution in [3.63, 3.8) is 0 Å². The minimum absolute atomic E-state index is 0.318. The monoisotopic (exact) mass is 565 g/mol. The van der Waals surface area contributed by atoms with Crippen LogP contribution in [0.3, 0.4) is 0 Å². The molecule has 3 unspecified atom stereocenters. The van der Waals surface area contributed by atoms with Crippen LogP contribution < -0.4 is 19.8 Å². The average Bonchev–Trinajstić information content (AvgIpc) is 3.63. The number of ether oxygens (including phenoxy) is 1. The lowest BCUT2D eigenvalue weighted by Crippen LogP contribution is -2.32. The number of hydrogen-bond acceptors (Lipinski definition) is 8. The van der Waals surface area contributed by atoms with E-state index in [1.807, 2.05) is 0 Å². The molecular weight excluding hydrogens is 545 g/mol. The van der Waals surface area contributed by atoms with Gasteiger partial charge in [-0.1, -0.05) is 23.1 Å². The number of nitrogens with zero attached hydrogens (tertiary/aromatic N) is 2. The van der Waals surface area contributed by atoms with Crippen LogP contribution in [0.4, 0.5) is 15.8 Å². The zero-order valence-corrected chi connectivity index (χ0v) is 22.0. The Labute approximate surface area is 229 Å². The molecule has 0 radical (unpaired) electrons. The zero-order valence-electron chi connectivity index (χ0n) is 20.3. The maximum atomic E-state index is 13.8. The number of hydrogen-bond donors (Lipinski definition) is 1. The normalized spacial score (nSPS) is 20.1. The van der Waals surface area contributed by atoms with Crippen molar-refractivity contribution >= 4 is 52.2 Å². The van der Waals surface area contributed by atoms with Crippen molar-refractivity contribution in [3.05, 3.63) is 93.0 Å². The number of halogens is 1. The molecule has 0 aliphatic carbocycles. The lowest BCUT2D eigenvalue weighted by Gasteiger charge is -2.29. The first-order valence-electron chi connectivity index (χ1n) is 11.9. The Kier molecular flexibility index (Phi) is 6.35. The van der Waals surface area contributed by atoms with Crippen molar-refractivity contribution in [2.24, 2.45) is 5.92 Å². The number of amides is 3.